The molecule has 0 atom stereocenters. The van der Waals surface area contributed by atoms with Crippen LogP contribution < -0.4 is 11.1 Å². The predicted molar refractivity (Wildman–Crippen MR) is 75.2 cm³/mol. The minimum absolute atomic E-state index is 0.0137. The van der Waals surface area contributed by atoms with Gasteiger partial charge in [-0.2, -0.15) is 0 Å². The molecule has 108 valence electrons. The molecule has 1 aromatic rings. The fraction of sp³-hybridized carbons (Fsp3) is 0.467. The third kappa shape index (κ3) is 2.99. The Balaban J connectivity index is 1.94. The van der Waals surface area contributed by atoms with Crippen molar-refractivity contribution in [2.75, 3.05) is 6.54 Å². The average molecular weight is 276 g/mol. The zero-order valence-corrected chi connectivity index (χ0v) is 11.4. The van der Waals surface area contributed by atoms with Crippen LogP contribution in [0.2, 0.25) is 0 Å². The van der Waals surface area contributed by atoms with E-state index in [1.807, 2.05) is 0 Å². The highest BCUT2D eigenvalue weighted by molar-refractivity contribution is 5.87. The summed E-state index contributed by atoms with van der Waals surface area (Å²) in [7, 11) is 0. The van der Waals surface area contributed by atoms with Crippen molar-refractivity contribution in [3.63, 3.8) is 0 Å². The smallest absolute Gasteiger partial charge is 0.335 e. The Morgan fingerprint density at radius 3 is 2.30 bits per heavy atom. The first-order valence-corrected chi connectivity index (χ1v) is 6.88. The van der Waals surface area contributed by atoms with Gasteiger partial charge in [0.05, 0.1) is 11.0 Å². The number of benzene rings is 1. The van der Waals surface area contributed by atoms with Crippen LogP contribution in [0.5, 0.6) is 0 Å². The van der Waals surface area contributed by atoms with E-state index >= 15 is 0 Å². The summed E-state index contributed by atoms with van der Waals surface area (Å²) in [5.74, 6) is -0.937. The molecule has 0 saturated heterocycles. The van der Waals surface area contributed by atoms with Crippen LogP contribution >= 0.6 is 0 Å². The van der Waals surface area contributed by atoms with Crippen LogP contribution in [-0.2, 0) is 11.3 Å². The van der Waals surface area contributed by atoms with E-state index in [2.05, 4.69) is 5.32 Å². The maximum atomic E-state index is 12.3. The number of hydrogen-bond donors (Lipinski definition) is 3. The standard InChI is InChI=1S/C15H20N2O3/c16-10-15(7-1-2-8-15)14(20)17-9-11-3-5-12(6-4-11)13(18)19/h3-6H,1-2,7-10,16H2,(H,17,20)(H,18,19). The highest BCUT2D eigenvalue weighted by atomic mass is 16.4. The van der Waals surface area contributed by atoms with E-state index in [4.69, 9.17) is 10.8 Å². The van der Waals surface area contributed by atoms with Gasteiger partial charge in [0.1, 0.15) is 0 Å². The number of hydrogen-bond acceptors (Lipinski definition) is 3. The van der Waals surface area contributed by atoms with E-state index in [-0.39, 0.29) is 11.5 Å². The fourth-order valence-corrected chi connectivity index (χ4v) is 2.71. The van der Waals surface area contributed by atoms with E-state index in [0.29, 0.717) is 13.1 Å². The van der Waals surface area contributed by atoms with E-state index in [1.165, 1.54) is 12.1 Å². The van der Waals surface area contributed by atoms with Gasteiger partial charge in [0.25, 0.3) is 0 Å². The van der Waals surface area contributed by atoms with Gasteiger partial charge in [-0.1, -0.05) is 25.0 Å². The second-order valence-electron chi connectivity index (χ2n) is 5.38. The van der Waals surface area contributed by atoms with Gasteiger partial charge < -0.3 is 16.2 Å². The summed E-state index contributed by atoms with van der Waals surface area (Å²) < 4.78 is 0. The zero-order valence-electron chi connectivity index (χ0n) is 11.4. The number of aromatic carboxylic acids is 1. The summed E-state index contributed by atoms with van der Waals surface area (Å²) in [4.78, 5) is 23.0. The van der Waals surface area contributed by atoms with Crippen LogP contribution in [0.25, 0.3) is 0 Å². The number of nitrogens with two attached hydrogens (primary N) is 1. The Hall–Kier alpha value is -1.88. The van der Waals surface area contributed by atoms with Crippen molar-refractivity contribution in [1.29, 1.82) is 0 Å². The number of carboxylic acid groups (broad SMARTS) is 1. The van der Waals surface area contributed by atoms with Crippen LogP contribution in [0.3, 0.4) is 0 Å². The molecule has 0 aliphatic heterocycles. The first-order chi connectivity index (χ1) is 9.57. The van der Waals surface area contributed by atoms with Crippen LogP contribution in [0.15, 0.2) is 24.3 Å². The summed E-state index contributed by atoms with van der Waals surface area (Å²) in [6.45, 7) is 0.789. The molecule has 0 unspecified atom stereocenters. The maximum absolute atomic E-state index is 12.3. The normalized spacial score (nSPS) is 16.9. The van der Waals surface area contributed by atoms with Gasteiger partial charge in [-0.3, -0.25) is 4.79 Å². The van der Waals surface area contributed by atoms with Crippen LogP contribution in [0.1, 0.15) is 41.6 Å². The lowest BCUT2D eigenvalue weighted by Gasteiger charge is -2.25. The van der Waals surface area contributed by atoms with E-state index in [1.54, 1.807) is 12.1 Å². The number of carbonyl (C=O) groups excluding carboxylic acids is 1. The van der Waals surface area contributed by atoms with E-state index in [9.17, 15) is 9.59 Å². The molecule has 20 heavy (non-hydrogen) atoms. The SMILES string of the molecule is NCC1(C(=O)NCc2ccc(C(=O)O)cc2)CCCC1. The second-order valence-corrected chi connectivity index (χ2v) is 5.38. The van der Waals surface area contributed by atoms with Gasteiger partial charge >= 0.3 is 5.97 Å². The second kappa shape index (κ2) is 6.05. The molecule has 1 amide bonds. The summed E-state index contributed by atoms with van der Waals surface area (Å²) in [6.07, 6.45) is 3.82. The molecular weight excluding hydrogens is 256 g/mol. The molecule has 5 heteroatoms. The van der Waals surface area contributed by atoms with Gasteiger partial charge in [-0.25, -0.2) is 4.79 Å². The Labute approximate surface area is 118 Å². The van der Waals surface area contributed by atoms with Gasteiger partial charge in [-0.15, -0.1) is 0 Å². The first-order valence-electron chi connectivity index (χ1n) is 6.88. The Morgan fingerprint density at radius 1 is 1.20 bits per heavy atom. The molecule has 0 heterocycles. The fourth-order valence-electron chi connectivity index (χ4n) is 2.71. The van der Waals surface area contributed by atoms with Crippen LogP contribution in [0, 0.1) is 5.41 Å². The number of rotatable bonds is 5. The van der Waals surface area contributed by atoms with Gasteiger partial charge in [-0.05, 0) is 30.5 Å². The highest BCUT2D eigenvalue weighted by Gasteiger charge is 2.39. The van der Waals surface area contributed by atoms with Crippen molar-refractivity contribution >= 4 is 11.9 Å². The largest absolute Gasteiger partial charge is 0.478 e. The average Bonchev–Trinajstić information content (AvgIpc) is 2.95. The Morgan fingerprint density at radius 2 is 1.80 bits per heavy atom. The Bertz CT molecular complexity index is 490. The molecule has 1 fully saturated rings. The van der Waals surface area contributed by atoms with Crippen molar-refractivity contribution in [1.82, 2.24) is 5.32 Å². The number of carboxylic acids is 1. The molecule has 0 aromatic heterocycles. The molecule has 5 nitrogen and oxygen atoms in total. The molecular formula is C15H20N2O3. The quantitative estimate of drug-likeness (QED) is 0.760. The van der Waals surface area contributed by atoms with Gasteiger partial charge in [0.15, 0.2) is 0 Å². The molecule has 0 bridgehead atoms. The summed E-state index contributed by atoms with van der Waals surface area (Å²) in [5, 5.41) is 11.7. The summed E-state index contributed by atoms with van der Waals surface area (Å²) >= 11 is 0. The van der Waals surface area contributed by atoms with Gasteiger partial charge in [0, 0.05) is 13.1 Å². The van der Waals surface area contributed by atoms with Crippen molar-refractivity contribution in [2.24, 2.45) is 11.1 Å². The number of amides is 1. The van der Waals surface area contributed by atoms with Crippen molar-refractivity contribution < 1.29 is 14.7 Å². The molecule has 1 aliphatic carbocycles. The van der Waals surface area contributed by atoms with Crippen LogP contribution in [0.4, 0.5) is 0 Å². The van der Waals surface area contributed by atoms with Crippen molar-refractivity contribution in [3.8, 4) is 0 Å². The number of carbonyl (C=O) groups is 2. The molecule has 2 rings (SSSR count). The lowest BCUT2D eigenvalue weighted by Crippen LogP contribution is -2.43. The van der Waals surface area contributed by atoms with Crippen molar-refractivity contribution in [2.45, 2.75) is 32.2 Å². The summed E-state index contributed by atoms with van der Waals surface area (Å²) in [5.41, 5.74) is 6.49. The highest BCUT2D eigenvalue weighted by Crippen LogP contribution is 2.37. The molecule has 1 saturated carbocycles. The lowest BCUT2D eigenvalue weighted by molar-refractivity contribution is -0.130. The predicted octanol–water partition coefficient (Wildman–Crippen LogP) is 1.52. The molecule has 4 N–H and O–H groups in total. The minimum Gasteiger partial charge on any atom is -0.478 e. The third-order valence-electron chi connectivity index (χ3n) is 4.09. The monoisotopic (exact) mass is 276 g/mol. The minimum atomic E-state index is -0.950. The molecule has 1 aliphatic rings. The third-order valence-corrected chi connectivity index (χ3v) is 4.09. The lowest BCUT2D eigenvalue weighted by atomic mass is 9.85. The summed E-state index contributed by atoms with van der Waals surface area (Å²) in [6, 6.07) is 6.51. The van der Waals surface area contributed by atoms with E-state index in [0.717, 1.165) is 31.2 Å². The first kappa shape index (κ1) is 14.5. The topological polar surface area (TPSA) is 92.4 Å². The van der Waals surface area contributed by atoms with Gasteiger partial charge in [0.2, 0.25) is 5.91 Å². The Kier molecular flexibility index (Phi) is 4.39. The maximum Gasteiger partial charge on any atom is 0.335 e. The molecule has 1 aromatic carbocycles. The molecule has 0 spiro atoms. The number of nitrogens with one attached hydrogen (secondary N) is 1. The van der Waals surface area contributed by atoms with E-state index < -0.39 is 11.4 Å². The molecule has 0 radical (unpaired) electrons. The van der Waals surface area contributed by atoms with Crippen molar-refractivity contribution in [3.05, 3.63) is 35.4 Å². The van der Waals surface area contributed by atoms with Crippen LogP contribution in [-0.4, -0.2) is 23.5 Å². The zero-order chi connectivity index (χ0) is 14.6.